The quantitative estimate of drug-likeness (QED) is 0.908. The molecule has 0 fully saturated rings. The standard InChI is InChI=1S/C16H15FO3/c1-20-14-8-4-12(5-9-14)15(10-16(18)19)11-2-6-13(17)7-3-11/h2-9,15H,10H2,1H3,(H,18,19)/t15-/m0/s1. The minimum atomic E-state index is -0.893. The fourth-order valence-corrected chi connectivity index (χ4v) is 2.13. The van der Waals surface area contributed by atoms with E-state index in [1.54, 1.807) is 31.4 Å². The molecule has 2 rings (SSSR count). The first-order valence-corrected chi connectivity index (χ1v) is 6.21. The van der Waals surface area contributed by atoms with Crippen LogP contribution in [0.3, 0.4) is 0 Å². The van der Waals surface area contributed by atoms with Gasteiger partial charge in [0.2, 0.25) is 0 Å². The number of carbonyl (C=O) groups is 1. The summed E-state index contributed by atoms with van der Waals surface area (Å²) in [6.07, 6.45) is -0.0437. The van der Waals surface area contributed by atoms with Crippen molar-refractivity contribution in [2.24, 2.45) is 0 Å². The Bertz CT molecular complexity index is 576. The molecule has 4 heteroatoms. The average Bonchev–Trinajstić information content (AvgIpc) is 2.46. The molecule has 0 amide bonds. The van der Waals surface area contributed by atoms with Crippen LogP contribution in [0.5, 0.6) is 5.75 Å². The van der Waals surface area contributed by atoms with Gasteiger partial charge in [0.25, 0.3) is 0 Å². The molecular formula is C16H15FO3. The van der Waals surface area contributed by atoms with Crippen molar-refractivity contribution < 1.29 is 19.0 Å². The zero-order valence-corrected chi connectivity index (χ0v) is 11.0. The summed E-state index contributed by atoms with van der Waals surface area (Å²) >= 11 is 0. The summed E-state index contributed by atoms with van der Waals surface area (Å²) in [6, 6.07) is 13.1. The number of ether oxygens (including phenoxy) is 1. The molecule has 0 spiro atoms. The fourth-order valence-electron chi connectivity index (χ4n) is 2.13. The lowest BCUT2D eigenvalue weighted by Gasteiger charge is -2.16. The molecule has 0 aliphatic heterocycles. The van der Waals surface area contributed by atoms with Crippen molar-refractivity contribution >= 4 is 5.97 Å². The van der Waals surface area contributed by atoms with Crippen LogP contribution in [0.25, 0.3) is 0 Å². The maximum absolute atomic E-state index is 13.0. The van der Waals surface area contributed by atoms with E-state index in [0.717, 1.165) is 11.1 Å². The minimum Gasteiger partial charge on any atom is -0.497 e. The van der Waals surface area contributed by atoms with Crippen molar-refractivity contribution in [1.29, 1.82) is 0 Å². The summed E-state index contributed by atoms with van der Waals surface area (Å²) in [5, 5.41) is 9.06. The Morgan fingerprint density at radius 2 is 1.60 bits per heavy atom. The predicted molar refractivity (Wildman–Crippen MR) is 73.5 cm³/mol. The second-order valence-corrected chi connectivity index (χ2v) is 4.48. The molecule has 3 nitrogen and oxygen atoms in total. The van der Waals surface area contributed by atoms with Crippen LogP contribution in [0.15, 0.2) is 48.5 Å². The molecule has 0 aromatic heterocycles. The number of carboxylic acid groups (broad SMARTS) is 1. The van der Waals surface area contributed by atoms with Crippen molar-refractivity contribution in [2.45, 2.75) is 12.3 Å². The molecule has 1 N–H and O–H groups in total. The molecule has 0 saturated carbocycles. The second kappa shape index (κ2) is 6.19. The Labute approximate surface area is 116 Å². The molecule has 2 aromatic carbocycles. The van der Waals surface area contributed by atoms with Crippen LogP contribution < -0.4 is 4.74 Å². The molecule has 0 saturated heterocycles. The number of methoxy groups -OCH3 is 1. The van der Waals surface area contributed by atoms with E-state index in [4.69, 9.17) is 9.84 Å². The van der Waals surface area contributed by atoms with Crippen LogP contribution >= 0.6 is 0 Å². The first kappa shape index (κ1) is 14.1. The van der Waals surface area contributed by atoms with Gasteiger partial charge in [-0.2, -0.15) is 0 Å². The summed E-state index contributed by atoms with van der Waals surface area (Å²) in [7, 11) is 1.57. The van der Waals surface area contributed by atoms with Gasteiger partial charge in [0.15, 0.2) is 0 Å². The van der Waals surface area contributed by atoms with Crippen LogP contribution in [0, 0.1) is 5.82 Å². The SMILES string of the molecule is COc1ccc([C@@H](CC(=O)O)c2ccc(F)cc2)cc1. The van der Waals surface area contributed by atoms with E-state index in [1.807, 2.05) is 12.1 Å². The zero-order valence-electron chi connectivity index (χ0n) is 11.0. The third kappa shape index (κ3) is 3.35. The highest BCUT2D eigenvalue weighted by Gasteiger charge is 2.18. The first-order valence-electron chi connectivity index (χ1n) is 6.21. The van der Waals surface area contributed by atoms with Gasteiger partial charge in [-0.25, -0.2) is 4.39 Å². The normalized spacial score (nSPS) is 11.9. The van der Waals surface area contributed by atoms with E-state index in [2.05, 4.69) is 0 Å². The number of aliphatic carboxylic acids is 1. The number of rotatable bonds is 5. The van der Waals surface area contributed by atoms with Crippen LogP contribution in [-0.2, 0) is 4.79 Å². The lowest BCUT2D eigenvalue weighted by molar-refractivity contribution is -0.137. The Hall–Kier alpha value is -2.36. The number of halogens is 1. The number of benzene rings is 2. The molecule has 0 aliphatic carbocycles. The summed E-state index contributed by atoms with van der Waals surface area (Å²) < 4.78 is 18.1. The van der Waals surface area contributed by atoms with Crippen molar-refractivity contribution in [2.75, 3.05) is 7.11 Å². The van der Waals surface area contributed by atoms with Gasteiger partial charge >= 0.3 is 5.97 Å². The third-order valence-electron chi connectivity index (χ3n) is 3.17. The maximum atomic E-state index is 13.0. The molecular weight excluding hydrogens is 259 g/mol. The van der Waals surface area contributed by atoms with Crippen molar-refractivity contribution in [3.63, 3.8) is 0 Å². The minimum absolute atomic E-state index is 0.0437. The molecule has 104 valence electrons. The van der Waals surface area contributed by atoms with E-state index >= 15 is 0 Å². The second-order valence-electron chi connectivity index (χ2n) is 4.48. The highest BCUT2D eigenvalue weighted by atomic mass is 19.1. The van der Waals surface area contributed by atoms with Gasteiger partial charge in [-0.1, -0.05) is 24.3 Å². The van der Waals surface area contributed by atoms with Gasteiger partial charge in [-0.15, -0.1) is 0 Å². The monoisotopic (exact) mass is 274 g/mol. The Kier molecular flexibility index (Phi) is 4.35. The Balaban J connectivity index is 2.35. The van der Waals surface area contributed by atoms with Gasteiger partial charge in [0.05, 0.1) is 13.5 Å². The molecule has 0 bridgehead atoms. The molecule has 2 aromatic rings. The van der Waals surface area contributed by atoms with E-state index in [-0.39, 0.29) is 18.2 Å². The van der Waals surface area contributed by atoms with E-state index in [1.165, 1.54) is 12.1 Å². The van der Waals surface area contributed by atoms with E-state index < -0.39 is 5.97 Å². The summed E-state index contributed by atoms with van der Waals surface area (Å²) in [5.41, 5.74) is 1.64. The topological polar surface area (TPSA) is 46.5 Å². The molecule has 0 radical (unpaired) electrons. The largest absolute Gasteiger partial charge is 0.497 e. The summed E-state index contributed by atoms with van der Waals surface area (Å²) in [4.78, 5) is 11.0. The highest BCUT2D eigenvalue weighted by Crippen LogP contribution is 2.29. The third-order valence-corrected chi connectivity index (χ3v) is 3.17. The van der Waals surface area contributed by atoms with Gasteiger partial charge < -0.3 is 9.84 Å². The molecule has 20 heavy (non-hydrogen) atoms. The predicted octanol–water partition coefficient (Wildman–Crippen LogP) is 3.44. The fraction of sp³-hybridized carbons (Fsp3) is 0.188. The number of hydrogen-bond donors (Lipinski definition) is 1. The van der Waals surface area contributed by atoms with Crippen LogP contribution in [0.2, 0.25) is 0 Å². The van der Waals surface area contributed by atoms with Crippen molar-refractivity contribution in [3.05, 3.63) is 65.5 Å². The number of carboxylic acids is 1. The van der Waals surface area contributed by atoms with Crippen molar-refractivity contribution in [3.8, 4) is 5.75 Å². The summed E-state index contributed by atoms with van der Waals surface area (Å²) in [6.45, 7) is 0. The van der Waals surface area contributed by atoms with Gasteiger partial charge in [-0.05, 0) is 35.4 Å². The Morgan fingerprint density at radius 1 is 1.10 bits per heavy atom. The van der Waals surface area contributed by atoms with Gasteiger partial charge in [0.1, 0.15) is 11.6 Å². The van der Waals surface area contributed by atoms with E-state index in [9.17, 15) is 9.18 Å². The van der Waals surface area contributed by atoms with Gasteiger partial charge in [-0.3, -0.25) is 4.79 Å². The lowest BCUT2D eigenvalue weighted by Crippen LogP contribution is -2.08. The van der Waals surface area contributed by atoms with Crippen LogP contribution in [-0.4, -0.2) is 18.2 Å². The van der Waals surface area contributed by atoms with Gasteiger partial charge in [0, 0.05) is 5.92 Å². The van der Waals surface area contributed by atoms with Crippen LogP contribution in [0.1, 0.15) is 23.5 Å². The Morgan fingerprint density at radius 3 is 2.05 bits per heavy atom. The molecule has 1 atom stereocenters. The lowest BCUT2D eigenvalue weighted by atomic mass is 9.88. The average molecular weight is 274 g/mol. The molecule has 0 aliphatic rings. The number of hydrogen-bond acceptors (Lipinski definition) is 2. The molecule has 0 heterocycles. The van der Waals surface area contributed by atoms with E-state index in [0.29, 0.717) is 5.75 Å². The van der Waals surface area contributed by atoms with Crippen molar-refractivity contribution in [1.82, 2.24) is 0 Å². The summed E-state index contributed by atoms with van der Waals surface area (Å²) in [5.74, 6) is -0.825. The maximum Gasteiger partial charge on any atom is 0.304 e. The molecule has 0 unspecified atom stereocenters. The smallest absolute Gasteiger partial charge is 0.304 e. The highest BCUT2D eigenvalue weighted by molar-refractivity contribution is 5.69. The van der Waals surface area contributed by atoms with Crippen LogP contribution in [0.4, 0.5) is 4.39 Å². The zero-order chi connectivity index (χ0) is 14.5. The first-order chi connectivity index (χ1) is 9.60.